The average molecular weight is 340 g/mol. The minimum absolute atomic E-state index is 0.161. The predicted octanol–water partition coefficient (Wildman–Crippen LogP) is 5.00. The van der Waals surface area contributed by atoms with Gasteiger partial charge in [0.25, 0.3) is 0 Å². The summed E-state index contributed by atoms with van der Waals surface area (Å²) in [6.07, 6.45) is 0.868. The fourth-order valence-corrected chi connectivity index (χ4v) is 3.54. The van der Waals surface area contributed by atoms with E-state index in [9.17, 15) is 0 Å². The van der Waals surface area contributed by atoms with Crippen molar-refractivity contribution in [1.82, 2.24) is 14.5 Å². The van der Waals surface area contributed by atoms with E-state index in [4.69, 9.17) is 23.2 Å². The van der Waals surface area contributed by atoms with Crippen LogP contribution in [0, 0.1) is 6.92 Å². The van der Waals surface area contributed by atoms with Gasteiger partial charge < -0.3 is 4.57 Å². The number of hydrogen-bond acceptors (Lipinski definition) is 3. The van der Waals surface area contributed by atoms with Gasteiger partial charge in [-0.25, -0.2) is 9.97 Å². The fourth-order valence-electron chi connectivity index (χ4n) is 2.39. The number of aryl methyl sites for hydroxylation is 3. The van der Waals surface area contributed by atoms with Crippen molar-refractivity contribution < 1.29 is 0 Å². The molecule has 0 fully saturated rings. The number of halogens is 2. The van der Waals surface area contributed by atoms with Crippen LogP contribution in [0.15, 0.2) is 23.6 Å². The molecular formula is C15H15Cl2N3S. The van der Waals surface area contributed by atoms with E-state index in [0.717, 1.165) is 40.5 Å². The Morgan fingerprint density at radius 2 is 2.14 bits per heavy atom. The SMILES string of the molecule is Cc1csc(CCn2c(C(C)Cl)nc3c(Cl)cccc32)n1. The van der Waals surface area contributed by atoms with Crippen LogP contribution in [-0.4, -0.2) is 14.5 Å². The Labute approximate surface area is 137 Å². The second-order valence-corrected chi connectivity index (χ2v) is 6.98. The van der Waals surface area contributed by atoms with Gasteiger partial charge >= 0.3 is 0 Å². The number of fused-ring (bicyclic) bond motifs is 1. The van der Waals surface area contributed by atoms with Gasteiger partial charge in [-0.1, -0.05) is 17.7 Å². The van der Waals surface area contributed by atoms with Crippen molar-refractivity contribution in [2.45, 2.75) is 32.2 Å². The van der Waals surface area contributed by atoms with Crippen molar-refractivity contribution in [2.24, 2.45) is 0 Å². The van der Waals surface area contributed by atoms with Crippen molar-refractivity contribution in [2.75, 3.05) is 0 Å². The van der Waals surface area contributed by atoms with E-state index in [-0.39, 0.29) is 5.38 Å². The molecule has 0 bridgehead atoms. The van der Waals surface area contributed by atoms with E-state index < -0.39 is 0 Å². The maximum atomic E-state index is 6.28. The van der Waals surface area contributed by atoms with Gasteiger partial charge in [0.2, 0.25) is 0 Å². The molecule has 3 rings (SSSR count). The van der Waals surface area contributed by atoms with Gasteiger partial charge in [-0.15, -0.1) is 22.9 Å². The Hall–Kier alpha value is -1.10. The summed E-state index contributed by atoms with van der Waals surface area (Å²) < 4.78 is 2.15. The summed E-state index contributed by atoms with van der Waals surface area (Å²) in [6, 6.07) is 5.83. The first-order chi connectivity index (χ1) is 10.1. The minimum atomic E-state index is -0.161. The lowest BCUT2D eigenvalue weighted by molar-refractivity contribution is 0.666. The highest BCUT2D eigenvalue weighted by Gasteiger charge is 2.16. The molecule has 1 aromatic carbocycles. The van der Waals surface area contributed by atoms with Crippen LogP contribution >= 0.6 is 34.5 Å². The topological polar surface area (TPSA) is 30.7 Å². The summed E-state index contributed by atoms with van der Waals surface area (Å²) in [5.74, 6) is 0.855. The van der Waals surface area contributed by atoms with Crippen LogP contribution in [0.5, 0.6) is 0 Å². The maximum absolute atomic E-state index is 6.28. The van der Waals surface area contributed by atoms with Crippen molar-refractivity contribution in [1.29, 1.82) is 0 Å². The molecule has 3 nitrogen and oxygen atoms in total. The zero-order valence-corrected chi connectivity index (χ0v) is 14.1. The normalized spacial score (nSPS) is 13.0. The van der Waals surface area contributed by atoms with Gasteiger partial charge in [0.05, 0.1) is 20.9 Å². The molecule has 2 heterocycles. The van der Waals surface area contributed by atoms with E-state index in [2.05, 4.69) is 19.9 Å². The van der Waals surface area contributed by atoms with E-state index in [0.29, 0.717) is 5.02 Å². The molecule has 2 aromatic heterocycles. The first-order valence-corrected chi connectivity index (χ1v) is 8.45. The van der Waals surface area contributed by atoms with E-state index in [1.165, 1.54) is 0 Å². The van der Waals surface area contributed by atoms with Crippen LogP contribution in [0.2, 0.25) is 5.02 Å². The number of nitrogens with zero attached hydrogens (tertiary/aromatic N) is 3. The first-order valence-electron chi connectivity index (χ1n) is 6.76. The largest absolute Gasteiger partial charge is 0.326 e. The summed E-state index contributed by atoms with van der Waals surface area (Å²) in [7, 11) is 0. The van der Waals surface area contributed by atoms with Crippen LogP contribution in [0.1, 0.15) is 28.8 Å². The third-order valence-electron chi connectivity index (χ3n) is 3.33. The molecule has 0 N–H and O–H groups in total. The van der Waals surface area contributed by atoms with Crippen molar-refractivity contribution >= 4 is 45.6 Å². The smallest absolute Gasteiger partial charge is 0.127 e. The number of alkyl halides is 1. The third kappa shape index (κ3) is 2.93. The van der Waals surface area contributed by atoms with Crippen LogP contribution in [0.4, 0.5) is 0 Å². The fraction of sp³-hybridized carbons (Fsp3) is 0.333. The van der Waals surface area contributed by atoms with Crippen molar-refractivity contribution in [3.63, 3.8) is 0 Å². The highest BCUT2D eigenvalue weighted by molar-refractivity contribution is 7.09. The van der Waals surface area contributed by atoms with Crippen LogP contribution in [0.3, 0.4) is 0 Å². The quantitative estimate of drug-likeness (QED) is 0.626. The van der Waals surface area contributed by atoms with Crippen LogP contribution < -0.4 is 0 Å². The minimum Gasteiger partial charge on any atom is -0.326 e. The lowest BCUT2D eigenvalue weighted by Gasteiger charge is -2.09. The number of rotatable bonds is 4. The van der Waals surface area contributed by atoms with Crippen LogP contribution in [-0.2, 0) is 13.0 Å². The number of benzene rings is 1. The third-order valence-corrected chi connectivity index (χ3v) is 4.86. The van der Waals surface area contributed by atoms with Crippen molar-refractivity contribution in [3.05, 3.63) is 45.1 Å². The molecule has 0 radical (unpaired) electrons. The Morgan fingerprint density at radius 3 is 2.81 bits per heavy atom. The standard InChI is InChI=1S/C15H15Cl2N3S/c1-9-8-21-13(18-9)6-7-20-12-5-3-4-11(17)14(12)19-15(20)10(2)16/h3-5,8,10H,6-7H2,1-2H3. The number of thiazole rings is 1. The Kier molecular flexibility index (Phi) is 4.20. The molecule has 0 aliphatic heterocycles. The molecule has 21 heavy (non-hydrogen) atoms. The first kappa shape index (κ1) is 14.8. The van der Waals surface area contributed by atoms with E-state index in [1.807, 2.05) is 32.0 Å². The highest BCUT2D eigenvalue weighted by atomic mass is 35.5. The predicted molar refractivity (Wildman–Crippen MR) is 89.6 cm³/mol. The molecular weight excluding hydrogens is 325 g/mol. The second kappa shape index (κ2) is 5.95. The van der Waals surface area contributed by atoms with E-state index in [1.54, 1.807) is 11.3 Å². The molecule has 0 aliphatic carbocycles. The molecule has 3 aromatic rings. The average Bonchev–Trinajstić information content (AvgIpc) is 3.01. The zero-order valence-electron chi connectivity index (χ0n) is 11.8. The monoisotopic (exact) mass is 339 g/mol. The zero-order chi connectivity index (χ0) is 15.0. The lowest BCUT2D eigenvalue weighted by Crippen LogP contribution is -2.06. The summed E-state index contributed by atoms with van der Waals surface area (Å²) in [5.41, 5.74) is 2.91. The summed E-state index contributed by atoms with van der Waals surface area (Å²) in [4.78, 5) is 9.12. The molecule has 6 heteroatoms. The maximum Gasteiger partial charge on any atom is 0.127 e. The number of hydrogen-bond donors (Lipinski definition) is 0. The summed E-state index contributed by atoms with van der Waals surface area (Å²) in [5, 5.41) is 3.70. The van der Waals surface area contributed by atoms with Crippen molar-refractivity contribution in [3.8, 4) is 0 Å². The number of para-hydroxylation sites is 1. The van der Waals surface area contributed by atoms with Gasteiger partial charge in [0.1, 0.15) is 11.3 Å². The summed E-state index contributed by atoms with van der Waals surface area (Å²) in [6.45, 7) is 4.75. The van der Waals surface area contributed by atoms with Gasteiger partial charge in [-0.3, -0.25) is 0 Å². The molecule has 0 saturated heterocycles. The van der Waals surface area contributed by atoms with Gasteiger partial charge in [0.15, 0.2) is 0 Å². The molecule has 0 amide bonds. The van der Waals surface area contributed by atoms with Crippen LogP contribution in [0.25, 0.3) is 11.0 Å². The summed E-state index contributed by atoms with van der Waals surface area (Å²) >= 11 is 14.2. The number of aromatic nitrogens is 3. The molecule has 0 saturated carbocycles. The van der Waals surface area contributed by atoms with Gasteiger partial charge in [-0.2, -0.15) is 0 Å². The molecule has 0 spiro atoms. The molecule has 0 aliphatic rings. The van der Waals surface area contributed by atoms with Gasteiger partial charge in [-0.05, 0) is 26.0 Å². The second-order valence-electron chi connectivity index (χ2n) is 4.98. The Morgan fingerprint density at radius 1 is 1.33 bits per heavy atom. The Bertz CT molecular complexity index is 776. The molecule has 110 valence electrons. The molecule has 1 unspecified atom stereocenters. The van der Waals surface area contributed by atoms with Gasteiger partial charge in [0, 0.05) is 24.0 Å². The number of imidazole rings is 1. The van der Waals surface area contributed by atoms with E-state index >= 15 is 0 Å². The lowest BCUT2D eigenvalue weighted by atomic mass is 10.3. The Balaban J connectivity index is 1.99. The highest BCUT2D eigenvalue weighted by Crippen LogP contribution is 2.29. The molecule has 1 atom stereocenters.